The van der Waals surface area contributed by atoms with Crippen LogP contribution in [0, 0.1) is 11.8 Å². The van der Waals surface area contributed by atoms with Gasteiger partial charge in [-0.2, -0.15) is 0 Å². The maximum atomic E-state index is 13.6. The SMILES string of the molecule is CC(=O)C1=C(O)[C@@]2(O)C(=O)C3=C(O)c4c(O)ccc(C=O)c4C[C@H]3C[C@H]2[C@H](N(C)C)C1=O. The standard InChI is InChI=1S/C23H23NO8/c1-9(26)15-20(29)18(24(2)3)13-7-11-6-12-10(8-25)4-5-14(27)17(12)19(28)16(11)22(31)23(13,32)21(15)30/h4-5,8,11,13,18,27-28,30,32H,6-7H2,1-3H3/t11-,13-,18-,23+/m0/s1. The number of aromatic hydroxyl groups is 1. The number of hydrogen-bond donors (Lipinski definition) is 4. The number of phenols is 1. The zero-order chi connectivity index (χ0) is 23.7. The largest absolute Gasteiger partial charge is 0.508 e. The smallest absolute Gasteiger partial charge is 0.202 e. The summed E-state index contributed by atoms with van der Waals surface area (Å²) in [7, 11) is 3.13. The first-order valence-electron chi connectivity index (χ1n) is 10.1. The molecule has 0 spiro atoms. The highest BCUT2D eigenvalue weighted by molar-refractivity contribution is 6.25. The number of likely N-dealkylation sites (N-methyl/N-ethyl adjacent to an activating group) is 1. The fourth-order valence-electron chi connectivity index (χ4n) is 5.48. The number of rotatable bonds is 3. The molecule has 0 radical (unpaired) electrons. The van der Waals surface area contributed by atoms with Crippen molar-refractivity contribution in [1.82, 2.24) is 4.90 Å². The van der Waals surface area contributed by atoms with Gasteiger partial charge in [-0.15, -0.1) is 0 Å². The quantitative estimate of drug-likeness (QED) is 0.395. The van der Waals surface area contributed by atoms with Crippen LogP contribution in [-0.4, -0.2) is 74.7 Å². The van der Waals surface area contributed by atoms with Gasteiger partial charge in [-0.1, -0.05) is 0 Å². The van der Waals surface area contributed by atoms with Crippen molar-refractivity contribution in [2.75, 3.05) is 14.1 Å². The minimum atomic E-state index is -2.60. The van der Waals surface area contributed by atoms with E-state index in [1.165, 1.54) is 17.0 Å². The molecule has 4 rings (SSSR count). The monoisotopic (exact) mass is 441 g/mol. The van der Waals surface area contributed by atoms with Crippen LogP contribution in [0.15, 0.2) is 29.0 Å². The highest BCUT2D eigenvalue weighted by atomic mass is 16.3. The number of aliphatic hydroxyl groups is 3. The second kappa shape index (κ2) is 7.11. The molecule has 3 aliphatic rings. The number of aldehydes is 1. The van der Waals surface area contributed by atoms with Crippen LogP contribution in [-0.2, 0) is 20.8 Å². The molecular formula is C23H23NO8. The second-order valence-electron chi connectivity index (χ2n) is 8.80. The van der Waals surface area contributed by atoms with E-state index in [-0.39, 0.29) is 35.3 Å². The highest BCUT2D eigenvalue weighted by Gasteiger charge is 2.64. The van der Waals surface area contributed by atoms with E-state index in [0.29, 0.717) is 11.8 Å². The van der Waals surface area contributed by atoms with Crippen LogP contribution in [0.5, 0.6) is 5.75 Å². The van der Waals surface area contributed by atoms with Crippen LogP contribution in [0.1, 0.15) is 34.8 Å². The Morgan fingerprint density at radius 3 is 2.41 bits per heavy atom. The Morgan fingerprint density at radius 1 is 1.19 bits per heavy atom. The van der Waals surface area contributed by atoms with Gasteiger partial charge in [-0.3, -0.25) is 24.1 Å². The number of nitrogens with zero attached hydrogens (tertiary/aromatic N) is 1. The van der Waals surface area contributed by atoms with E-state index in [1.54, 1.807) is 14.1 Å². The maximum absolute atomic E-state index is 13.6. The highest BCUT2D eigenvalue weighted by Crippen LogP contribution is 2.52. The Kier molecular flexibility index (Phi) is 4.87. The van der Waals surface area contributed by atoms with E-state index in [0.717, 1.165) is 6.92 Å². The minimum Gasteiger partial charge on any atom is -0.508 e. The van der Waals surface area contributed by atoms with Crippen molar-refractivity contribution >= 4 is 29.4 Å². The van der Waals surface area contributed by atoms with Gasteiger partial charge in [0.2, 0.25) is 5.78 Å². The molecule has 9 nitrogen and oxygen atoms in total. The van der Waals surface area contributed by atoms with Crippen LogP contribution < -0.4 is 0 Å². The first-order valence-corrected chi connectivity index (χ1v) is 10.1. The van der Waals surface area contributed by atoms with Crippen molar-refractivity contribution in [3.05, 3.63) is 45.7 Å². The van der Waals surface area contributed by atoms with E-state index in [4.69, 9.17) is 0 Å². The number of ketones is 3. The van der Waals surface area contributed by atoms with Crippen molar-refractivity contribution in [3.63, 3.8) is 0 Å². The predicted molar refractivity (Wildman–Crippen MR) is 111 cm³/mol. The summed E-state index contributed by atoms with van der Waals surface area (Å²) in [5.41, 5.74) is -2.94. The van der Waals surface area contributed by atoms with Gasteiger partial charge in [0.1, 0.15) is 29.1 Å². The fourth-order valence-corrected chi connectivity index (χ4v) is 5.48. The lowest BCUT2D eigenvalue weighted by atomic mass is 9.57. The topological polar surface area (TPSA) is 152 Å². The predicted octanol–water partition coefficient (Wildman–Crippen LogP) is 0.880. The molecular weight excluding hydrogens is 418 g/mol. The molecule has 0 saturated heterocycles. The van der Waals surface area contributed by atoms with Crippen molar-refractivity contribution in [3.8, 4) is 5.75 Å². The molecule has 168 valence electrons. The molecule has 1 saturated carbocycles. The summed E-state index contributed by atoms with van der Waals surface area (Å²) in [6, 6.07) is 1.55. The van der Waals surface area contributed by atoms with Gasteiger partial charge in [0.25, 0.3) is 0 Å². The number of Topliss-reactive ketones (excluding diaryl/α,β-unsaturated/α-hetero) is 3. The Bertz CT molecular complexity index is 1160. The van der Waals surface area contributed by atoms with E-state index >= 15 is 0 Å². The van der Waals surface area contributed by atoms with Crippen LogP contribution in [0.3, 0.4) is 0 Å². The lowest BCUT2D eigenvalue weighted by Gasteiger charge is -2.50. The molecule has 0 aromatic heterocycles. The van der Waals surface area contributed by atoms with Gasteiger partial charge in [0, 0.05) is 17.1 Å². The van der Waals surface area contributed by atoms with Crippen LogP contribution in [0.2, 0.25) is 0 Å². The molecule has 0 unspecified atom stereocenters. The lowest BCUT2D eigenvalue weighted by Crippen LogP contribution is -2.65. The van der Waals surface area contributed by atoms with E-state index < -0.39 is 57.9 Å². The zero-order valence-corrected chi connectivity index (χ0v) is 17.7. The number of carbonyl (C=O) groups is 4. The summed E-state index contributed by atoms with van der Waals surface area (Å²) in [5.74, 6) is -6.24. The van der Waals surface area contributed by atoms with Crippen molar-refractivity contribution in [1.29, 1.82) is 0 Å². The van der Waals surface area contributed by atoms with Gasteiger partial charge in [-0.25, -0.2) is 0 Å². The third kappa shape index (κ3) is 2.64. The normalized spacial score (nSPS) is 29.6. The third-order valence-corrected chi connectivity index (χ3v) is 6.87. The van der Waals surface area contributed by atoms with Gasteiger partial charge in [0.05, 0.1) is 11.6 Å². The van der Waals surface area contributed by atoms with Gasteiger partial charge in [-0.05, 0) is 57.5 Å². The average molecular weight is 441 g/mol. The van der Waals surface area contributed by atoms with Crippen molar-refractivity contribution < 1.29 is 39.6 Å². The van der Waals surface area contributed by atoms with Crippen LogP contribution >= 0.6 is 0 Å². The summed E-state index contributed by atoms with van der Waals surface area (Å²) in [5, 5.41) is 43.5. The average Bonchev–Trinajstić information content (AvgIpc) is 2.70. The Balaban J connectivity index is 2.00. The minimum absolute atomic E-state index is 0.0128. The second-order valence-corrected chi connectivity index (χ2v) is 8.80. The summed E-state index contributed by atoms with van der Waals surface area (Å²) in [4.78, 5) is 51.8. The van der Waals surface area contributed by atoms with E-state index in [2.05, 4.69) is 0 Å². The number of benzene rings is 1. The zero-order valence-electron chi connectivity index (χ0n) is 17.7. The van der Waals surface area contributed by atoms with Crippen molar-refractivity contribution in [2.45, 2.75) is 31.4 Å². The van der Waals surface area contributed by atoms with Crippen molar-refractivity contribution in [2.24, 2.45) is 11.8 Å². The Labute approximate surface area is 183 Å². The molecule has 0 aliphatic heterocycles. The number of fused-ring (bicyclic) bond motifs is 3. The van der Waals surface area contributed by atoms with Gasteiger partial charge < -0.3 is 20.4 Å². The molecule has 4 atom stereocenters. The Hall–Kier alpha value is -3.30. The number of aliphatic hydroxyl groups excluding tert-OH is 2. The molecule has 3 aliphatic carbocycles. The molecule has 9 heteroatoms. The van der Waals surface area contributed by atoms with Crippen LogP contribution in [0.4, 0.5) is 0 Å². The summed E-state index contributed by atoms with van der Waals surface area (Å²) < 4.78 is 0. The summed E-state index contributed by atoms with van der Waals surface area (Å²) in [6.07, 6.45) is 0.699. The number of carbonyl (C=O) groups excluding carboxylic acids is 4. The molecule has 1 aromatic rings. The Morgan fingerprint density at radius 2 is 1.84 bits per heavy atom. The molecule has 1 fully saturated rings. The lowest BCUT2D eigenvalue weighted by molar-refractivity contribution is -0.153. The van der Waals surface area contributed by atoms with E-state index in [9.17, 15) is 39.6 Å². The summed E-state index contributed by atoms with van der Waals surface area (Å²) in [6.45, 7) is 1.06. The van der Waals surface area contributed by atoms with Crippen LogP contribution in [0.25, 0.3) is 5.76 Å². The molecule has 4 N–H and O–H groups in total. The molecule has 0 heterocycles. The molecule has 0 amide bonds. The first kappa shape index (κ1) is 21.9. The molecule has 0 bridgehead atoms. The molecule has 1 aromatic carbocycles. The number of phenolic OH excluding ortho intramolecular Hbond substituents is 1. The van der Waals surface area contributed by atoms with Gasteiger partial charge >= 0.3 is 0 Å². The maximum Gasteiger partial charge on any atom is 0.202 e. The first-order chi connectivity index (χ1) is 15.0. The summed E-state index contributed by atoms with van der Waals surface area (Å²) >= 11 is 0. The third-order valence-electron chi connectivity index (χ3n) is 6.87. The number of hydrogen-bond acceptors (Lipinski definition) is 9. The fraction of sp³-hybridized carbons (Fsp3) is 0.391. The van der Waals surface area contributed by atoms with E-state index in [1.807, 2.05) is 0 Å². The molecule has 32 heavy (non-hydrogen) atoms. The van der Waals surface area contributed by atoms with Gasteiger partial charge in [0.15, 0.2) is 17.2 Å².